The van der Waals surface area contributed by atoms with Crippen molar-refractivity contribution in [2.75, 3.05) is 16.6 Å². The molecular weight excluding hydrogens is 407 g/mol. The Morgan fingerprint density at radius 3 is 2.33 bits per heavy atom. The van der Waals surface area contributed by atoms with Gasteiger partial charge < -0.3 is 5.32 Å². The molecule has 0 aliphatic carbocycles. The number of para-hydroxylation sites is 2. The maximum absolute atomic E-state index is 12.8. The maximum Gasteiger partial charge on any atom is 0.264 e. The Morgan fingerprint density at radius 2 is 1.67 bits per heavy atom. The number of rotatable bonds is 7. The second-order valence-corrected chi connectivity index (χ2v) is 8.36. The van der Waals surface area contributed by atoms with E-state index in [0.717, 1.165) is 12.8 Å². The third-order valence-electron chi connectivity index (χ3n) is 3.81. The van der Waals surface area contributed by atoms with E-state index in [1.807, 2.05) is 18.2 Å². The van der Waals surface area contributed by atoms with Crippen LogP contribution in [0.25, 0.3) is 11.0 Å². The van der Waals surface area contributed by atoms with Crippen molar-refractivity contribution in [2.45, 2.75) is 24.7 Å². The smallest absolute Gasteiger partial charge is 0.264 e. The van der Waals surface area contributed by atoms with Crippen molar-refractivity contribution in [2.24, 2.45) is 0 Å². The van der Waals surface area contributed by atoms with Crippen molar-refractivity contribution in [3.63, 3.8) is 0 Å². The number of unbranched alkanes of at least 4 members (excludes halogenated alkanes) is 1. The van der Waals surface area contributed by atoms with Crippen LogP contribution in [0.1, 0.15) is 19.8 Å². The minimum atomic E-state index is -4.00. The summed E-state index contributed by atoms with van der Waals surface area (Å²) in [6.07, 6.45) is 1.91. The van der Waals surface area contributed by atoms with Gasteiger partial charge in [-0.15, -0.1) is 0 Å². The number of anilines is 2. The number of halogens is 2. The van der Waals surface area contributed by atoms with Crippen LogP contribution < -0.4 is 10.0 Å². The fourth-order valence-electron chi connectivity index (χ4n) is 2.44. The van der Waals surface area contributed by atoms with Crippen LogP contribution in [-0.2, 0) is 10.0 Å². The highest BCUT2D eigenvalue weighted by Crippen LogP contribution is 2.29. The van der Waals surface area contributed by atoms with Gasteiger partial charge in [0.05, 0.1) is 16.1 Å². The van der Waals surface area contributed by atoms with E-state index < -0.39 is 10.0 Å². The molecule has 27 heavy (non-hydrogen) atoms. The third-order valence-corrected chi connectivity index (χ3v) is 5.86. The monoisotopic (exact) mass is 424 g/mol. The highest BCUT2D eigenvalue weighted by Gasteiger charge is 2.22. The summed E-state index contributed by atoms with van der Waals surface area (Å²) in [6.45, 7) is 2.72. The van der Waals surface area contributed by atoms with Gasteiger partial charge in [-0.1, -0.05) is 48.7 Å². The van der Waals surface area contributed by atoms with E-state index in [1.165, 1.54) is 18.2 Å². The van der Waals surface area contributed by atoms with Crippen LogP contribution in [0.3, 0.4) is 0 Å². The first kappa shape index (κ1) is 19.7. The van der Waals surface area contributed by atoms with Gasteiger partial charge in [-0.2, -0.15) is 0 Å². The van der Waals surface area contributed by atoms with Gasteiger partial charge in [0.2, 0.25) is 0 Å². The van der Waals surface area contributed by atoms with Crippen molar-refractivity contribution in [3.05, 3.63) is 52.5 Å². The van der Waals surface area contributed by atoms with Crippen molar-refractivity contribution >= 4 is 55.9 Å². The number of nitrogens with zero attached hydrogens (tertiary/aromatic N) is 2. The van der Waals surface area contributed by atoms with Crippen LogP contribution in [0.4, 0.5) is 11.6 Å². The standard InChI is InChI=1S/C18H18Cl2N4O2S/c1-2-3-10-21-17-18(23-15-7-5-4-6-14(15)22-17)24-27(25,26)16-11-12(19)8-9-13(16)20/h4-9,11H,2-3,10H2,1H3,(H,21,22)(H,23,24). The SMILES string of the molecule is CCCCNc1nc2ccccc2nc1NS(=O)(=O)c1cc(Cl)ccc1Cl. The second-order valence-electron chi connectivity index (χ2n) is 5.87. The van der Waals surface area contributed by atoms with Crippen LogP contribution >= 0.6 is 23.2 Å². The van der Waals surface area contributed by atoms with E-state index in [9.17, 15) is 8.42 Å². The van der Waals surface area contributed by atoms with Gasteiger partial charge in [0.15, 0.2) is 11.6 Å². The van der Waals surface area contributed by atoms with Crippen molar-refractivity contribution in [1.29, 1.82) is 0 Å². The van der Waals surface area contributed by atoms with Gasteiger partial charge >= 0.3 is 0 Å². The van der Waals surface area contributed by atoms with E-state index in [2.05, 4.69) is 26.9 Å². The van der Waals surface area contributed by atoms with Crippen LogP contribution in [0.15, 0.2) is 47.4 Å². The molecule has 0 bridgehead atoms. The number of aromatic nitrogens is 2. The summed E-state index contributed by atoms with van der Waals surface area (Å²) < 4.78 is 28.2. The van der Waals surface area contributed by atoms with E-state index in [1.54, 1.807) is 6.07 Å². The molecule has 0 aliphatic rings. The van der Waals surface area contributed by atoms with Gasteiger partial charge in [-0.3, -0.25) is 4.72 Å². The average molecular weight is 425 g/mol. The average Bonchev–Trinajstić information content (AvgIpc) is 2.64. The molecule has 0 unspecified atom stereocenters. The summed E-state index contributed by atoms with van der Waals surface area (Å²) >= 11 is 12.0. The number of sulfonamides is 1. The predicted octanol–water partition coefficient (Wildman–Crippen LogP) is 4.95. The Bertz CT molecular complexity index is 1070. The summed E-state index contributed by atoms with van der Waals surface area (Å²) in [4.78, 5) is 8.81. The van der Waals surface area contributed by atoms with Gasteiger partial charge in [0.1, 0.15) is 4.90 Å². The summed E-state index contributed by atoms with van der Waals surface area (Å²) in [6, 6.07) is 11.5. The van der Waals surface area contributed by atoms with Gasteiger partial charge in [-0.05, 0) is 36.8 Å². The van der Waals surface area contributed by atoms with Gasteiger partial charge in [0, 0.05) is 11.6 Å². The van der Waals surface area contributed by atoms with Crippen LogP contribution in [0.5, 0.6) is 0 Å². The molecule has 0 saturated heterocycles. The van der Waals surface area contributed by atoms with E-state index in [4.69, 9.17) is 23.2 Å². The minimum absolute atomic E-state index is 0.0705. The van der Waals surface area contributed by atoms with E-state index >= 15 is 0 Å². The summed E-state index contributed by atoms with van der Waals surface area (Å²) in [5, 5.41) is 3.49. The van der Waals surface area contributed by atoms with Gasteiger partial charge in [0.25, 0.3) is 10.0 Å². The van der Waals surface area contributed by atoms with Crippen LogP contribution in [0, 0.1) is 0 Å². The zero-order valence-electron chi connectivity index (χ0n) is 14.5. The summed E-state index contributed by atoms with van der Waals surface area (Å²) in [5.41, 5.74) is 1.24. The van der Waals surface area contributed by atoms with E-state index in [0.29, 0.717) is 23.4 Å². The molecular formula is C18H18Cl2N4O2S. The quantitative estimate of drug-likeness (QED) is 0.524. The molecule has 142 valence electrons. The highest BCUT2D eigenvalue weighted by molar-refractivity contribution is 7.92. The fraction of sp³-hybridized carbons (Fsp3) is 0.222. The van der Waals surface area contributed by atoms with Crippen molar-refractivity contribution in [3.8, 4) is 0 Å². The summed E-state index contributed by atoms with van der Waals surface area (Å²) in [5.74, 6) is 0.477. The molecule has 0 aliphatic heterocycles. The topological polar surface area (TPSA) is 84.0 Å². The fourth-order valence-corrected chi connectivity index (χ4v) is 4.22. The molecule has 6 nitrogen and oxygen atoms in total. The second kappa shape index (κ2) is 8.29. The minimum Gasteiger partial charge on any atom is -0.367 e. The molecule has 1 aromatic heterocycles. The molecule has 0 atom stereocenters. The Balaban J connectivity index is 2.03. The molecule has 9 heteroatoms. The Labute approximate surface area is 168 Å². The Kier molecular flexibility index (Phi) is 6.04. The molecule has 0 amide bonds. The van der Waals surface area contributed by atoms with Crippen molar-refractivity contribution in [1.82, 2.24) is 9.97 Å². The molecule has 0 radical (unpaired) electrons. The molecule has 1 heterocycles. The molecule has 0 fully saturated rings. The van der Waals surface area contributed by atoms with Crippen LogP contribution in [-0.4, -0.2) is 24.9 Å². The Morgan fingerprint density at radius 1 is 1.00 bits per heavy atom. The number of hydrogen-bond acceptors (Lipinski definition) is 5. The third kappa shape index (κ3) is 4.61. The highest BCUT2D eigenvalue weighted by atomic mass is 35.5. The van der Waals surface area contributed by atoms with Crippen LogP contribution in [0.2, 0.25) is 10.0 Å². The molecule has 0 saturated carbocycles. The van der Waals surface area contributed by atoms with Gasteiger partial charge in [-0.25, -0.2) is 18.4 Å². The Hall–Kier alpha value is -2.09. The lowest BCUT2D eigenvalue weighted by Crippen LogP contribution is -2.17. The number of nitrogens with one attached hydrogen (secondary N) is 2. The zero-order valence-corrected chi connectivity index (χ0v) is 16.9. The lowest BCUT2D eigenvalue weighted by atomic mass is 10.3. The molecule has 3 aromatic rings. The first-order valence-electron chi connectivity index (χ1n) is 8.39. The largest absolute Gasteiger partial charge is 0.367 e. The first-order valence-corrected chi connectivity index (χ1v) is 10.6. The predicted molar refractivity (Wildman–Crippen MR) is 110 cm³/mol. The maximum atomic E-state index is 12.8. The van der Waals surface area contributed by atoms with Crippen molar-refractivity contribution < 1.29 is 8.42 Å². The molecule has 2 N–H and O–H groups in total. The number of hydrogen-bond donors (Lipinski definition) is 2. The lowest BCUT2D eigenvalue weighted by molar-refractivity contribution is 0.601. The summed E-state index contributed by atoms with van der Waals surface area (Å²) in [7, 11) is -4.00. The lowest BCUT2D eigenvalue weighted by Gasteiger charge is -2.14. The first-order chi connectivity index (χ1) is 12.9. The van der Waals surface area contributed by atoms with E-state index in [-0.39, 0.29) is 20.8 Å². The number of fused-ring (bicyclic) bond motifs is 1. The zero-order chi connectivity index (χ0) is 19.4. The molecule has 0 spiro atoms. The molecule has 2 aromatic carbocycles. The molecule has 3 rings (SSSR count). The normalized spacial score (nSPS) is 11.5. The number of benzene rings is 2.